The second-order valence-corrected chi connectivity index (χ2v) is 12.1. The molecule has 3 unspecified atom stereocenters. The Morgan fingerprint density at radius 3 is 2.50 bits per heavy atom. The van der Waals surface area contributed by atoms with Crippen LogP contribution in [0, 0.1) is 31.6 Å². The first kappa shape index (κ1) is 30.0. The number of amides is 3. The van der Waals surface area contributed by atoms with Crippen molar-refractivity contribution in [1.82, 2.24) is 9.80 Å². The Morgan fingerprint density at radius 1 is 1.23 bits per heavy atom. The normalized spacial score (nSPS) is 31.2. The second-order valence-electron chi connectivity index (χ2n) is 12.1. The molecule has 3 saturated heterocycles. The Bertz CT molecular complexity index is 1200. The first-order valence-electron chi connectivity index (χ1n) is 14.5. The van der Waals surface area contributed by atoms with Gasteiger partial charge in [0.1, 0.15) is 11.6 Å². The van der Waals surface area contributed by atoms with Crippen molar-refractivity contribution in [2.75, 3.05) is 31.1 Å². The average Bonchev–Trinajstić information content (AvgIpc) is 3.44. The number of aliphatic hydroxyl groups excluding tert-OH is 1. The number of fused-ring (bicyclic) bond motifs is 1. The molecule has 3 aliphatic rings. The smallest absolute Gasteiger partial charge is 0.253 e. The van der Waals surface area contributed by atoms with Crippen LogP contribution in [0.4, 0.5) is 5.69 Å². The summed E-state index contributed by atoms with van der Waals surface area (Å²) in [4.78, 5) is 48.2. The second kappa shape index (κ2) is 11.1. The van der Waals surface area contributed by atoms with E-state index in [9.17, 15) is 19.5 Å². The van der Waals surface area contributed by atoms with Crippen LogP contribution in [0.25, 0.3) is 0 Å². The third-order valence-electron chi connectivity index (χ3n) is 9.38. The number of ether oxygens (including phenoxy) is 1. The van der Waals surface area contributed by atoms with Crippen molar-refractivity contribution in [3.05, 3.63) is 54.6 Å². The van der Waals surface area contributed by atoms with Crippen molar-refractivity contribution in [1.29, 1.82) is 0 Å². The van der Waals surface area contributed by atoms with Gasteiger partial charge in [0, 0.05) is 25.3 Å². The molecular weight excluding hydrogens is 506 g/mol. The minimum atomic E-state index is -1.19. The van der Waals surface area contributed by atoms with Gasteiger partial charge in [-0.2, -0.15) is 0 Å². The largest absolute Gasteiger partial charge is 0.394 e. The molecule has 3 fully saturated rings. The molecular formula is C32H45N3O5. The summed E-state index contributed by atoms with van der Waals surface area (Å²) in [6.45, 7) is 20.2. The highest BCUT2D eigenvalue weighted by atomic mass is 16.5. The molecule has 0 aromatic heterocycles. The molecule has 0 radical (unpaired) electrons. The van der Waals surface area contributed by atoms with Crippen LogP contribution in [0.3, 0.4) is 0 Å². The fourth-order valence-corrected chi connectivity index (χ4v) is 7.40. The number of aryl methyl sites for hydroxylation is 2. The van der Waals surface area contributed by atoms with Crippen molar-refractivity contribution in [2.24, 2.45) is 17.8 Å². The topological polar surface area (TPSA) is 90.4 Å². The predicted octanol–water partition coefficient (Wildman–Crippen LogP) is 3.64. The third kappa shape index (κ3) is 4.40. The van der Waals surface area contributed by atoms with E-state index >= 15 is 0 Å². The third-order valence-corrected chi connectivity index (χ3v) is 9.38. The lowest BCUT2D eigenvalue weighted by atomic mass is 9.62. The van der Waals surface area contributed by atoms with E-state index in [-0.39, 0.29) is 36.8 Å². The number of hydrogen-bond acceptors (Lipinski definition) is 5. The number of carbonyl (C=O) groups is 3. The van der Waals surface area contributed by atoms with Crippen molar-refractivity contribution in [3.8, 4) is 0 Å². The van der Waals surface area contributed by atoms with Crippen LogP contribution in [0.15, 0.2) is 43.5 Å². The van der Waals surface area contributed by atoms with E-state index in [1.165, 1.54) is 4.90 Å². The summed E-state index contributed by atoms with van der Waals surface area (Å²) in [6.07, 6.45) is 4.61. The fourth-order valence-electron chi connectivity index (χ4n) is 7.40. The zero-order valence-electron chi connectivity index (χ0n) is 24.9. The minimum Gasteiger partial charge on any atom is -0.394 e. The van der Waals surface area contributed by atoms with Crippen molar-refractivity contribution in [2.45, 2.75) is 77.7 Å². The first-order chi connectivity index (χ1) is 18.9. The number of rotatable bonds is 11. The van der Waals surface area contributed by atoms with Gasteiger partial charge in [-0.05, 0) is 63.6 Å². The van der Waals surface area contributed by atoms with E-state index < -0.39 is 35.1 Å². The number of nitrogens with zero attached hydrogens (tertiary/aromatic N) is 3. The van der Waals surface area contributed by atoms with E-state index in [0.717, 1.165) is 23.2 Å². The number of benzene rings is 1. The summed E-state index contributed by atoms with van der Waals surface area (Å²) in [5.41, 5.74) is 0.582. The zero-order chi connectivity index (χ0) is 29.6. The fraction of sp³-hybridized carbons (Fsp3) is 0.594. The predicted molar refractivity (Wildman–Crippen MR) is 156 cm³/mol. The van der Waals surface area contributed by atoms with Crippen LogP contribution in [-0.2, 0) is 19.1 Å². The molecule has 3 aliphatic heterocycles. The summed E-state index contributed by atoms with van der Waals surface area (Å²) in [5, 5.41) is 10.2. The monoisotopic (exact) mass is 551 g/mol. The molecule has 3 heterocycles. The van der Waals surface area contributed by atoms with Crippen molar-refractivity contribution < 1.29 is 24.2 Å². The van der Waals surface area contributed by atoms with Crippen molar-refractivity contribution in [3.63, 3.8) is 0 Å². The first-order valence-corrected chi connectivity index (χ1v) is 14.5. The van der Waals surface area contributed by atoms with Crippen molar-refractivity contribution >= 4 is 23.4 Å². The lowest BCUT2D eigenvalue weighted by molar-refractivity contribution is -0.153. The standard InChI is InChI=1S/C32H45N3O5/c1-9-14-33(15-10-2)28(37)25-26-29(38)35(23(7)19-36)27(32(26)18-22(6)31(25,8)40-32)30(39)34(16-11-3)24-17-20(4)12-13-21(24)5/h9,11-13,17,22-23,25-27,36H,1,3,10,14-16,18-19H2,2,4-8H3/t22?,23-,25-,26+,27?,31+,32?/m1/s1. The lowest BCUT2D eigenvalue weighted by Crippen LogP contribution is -2.58. The minimum absolute atomic E-state index is 0.0639. The molecule has 40 heavy (non-hydrogen) atoms. The van der Waals surface area contributed by atoms with Crippen LogP contribution in [-0.4, -0.2) is 82.2 Å². The Morgan fingerprint density at radius 2 is 1.90 bits per heavy atom. The molecule has 4 rings (SSSR count). The maximum Gasteiger partial charge on any atom is 0.253 e. The van der Waals surface area contributed by atoms with Gasteiger partial charge >= 0.3 is 0 Å². The van der Waals surface area contributed by atoms with Gasteiger partial charge in [-0.15, -0.1) is 13.2 Å². The highest BCUT2D eigenvalue weighted by Crippen LogP contribution is 2.65. The molecule has 218 valence electrons. The Kier molecular flexibility index (Phi) is 8.35. The zero-order valence-corrected chi connectivity index (χ0v) is 24.9. The van der Waals surface area contributed by atoms with E-state index in [2.05, 4.69) is 13.2 Å². The van der Waals surface area contributed by atoms with Gasteiger partial charge in [0.05, 0.1) is 30.1 Å². The molecule has 7 atom stereocenters. The highest BCUT2D eigenvalue weighted by Gasteiger charge is 2.80. The molecule has 2 bridgehead atoms. The molecule has 0 saturated carbocycles. The number of anilines is 1. The van der Waals surface area contributed by atoms with Gasteiger partial charge in [-0.25, -0.2) is 0 Å². The van der Waals surface area contributed by atoms with Gasteiger partial charge in [-0.3, -0.25) is 14.4 Å². The summed E-state index contributed by atoms with van der Waals surface area (Å²) in [7, 11) is 0. The van der Waals surface area contributed by atoms with Gasteiger partial charge in [0.25, 0.3) is 5.91 Å². The number of carbonyl (C=O) groups excluding carboxylic acids is 3. The summed E-state index contributed by atoms with van der Waals surface area (Å²) >= 11 is 0. The Balaban J connectivity index is 1.88. The summed E-state index contributed by atoms with van der Waals surface area (Å²) < 4.78 is 6.88. The van der Waals surface area contributed by atoms with E-state index in [0.29, 0.717) is 19.5 Å². The SMILES string of the molecule is C=CCN(CCC)C(=O)[C@H]1[C@H]2C(=O)N([C@H](C)CO)C(C(=O)N(CC=C)c3cc(C)ccc3C)C23CC(C)[C@]1(C)O3. The summed E-state index contributed by atoms with van der Waals surface area (Å²) in [5.74, 6) is -2.36. The molecule has 8 nitrogen and oxygen atoms in total. The number of aliphatic hydroxyl groups is 1. The Hall–Kier alpha value is -2.97. The van der Waals surface area contributed by atoms with Crippen LogP contribution in [0.2, 0.25) is 0 Å². The van der Waals surface area contributed by atoms with Crippen LogP contribution in [0.5, 0.6) is 0 Å². The maximum absolute atomic E-state index is 14.7. The summed E-state index contributed by atoms with van der Waals surface area (Å²) in [6, 6.07) is 4.30. The van der Waals surface area contributed by atoms with Gasteiger partial charge in [0.2, 0.25) is 11.8 Å². The number of likely N-dealkylation sites (tertiary alicyclic amines) is 1. The van der Waals surface area contributed by atoms with Gasteiger partial charge < -0.3 is 24.5 Å². The maximum atomic E-state index is 14.7. The molecule has 3 amide bonds. The molecule has 1 aromatic carbocycles. The molecule has 1 N–H and O–H groups in total. The van der Waals surface area contributed by atoms with Gasteiger partial charge in [0.15, 0.2) is 0 Å². The number of hydrogen-bond donors (Lipinski definition) is 1. The van der Waals surface area contributed by atoms with E-state index in [1.54, 1.807) is 28.9 Å². The van der Waals surface area contributed by atoms with Crippen LogP contribution < -0.4 is 4.90 Å². The van der Waals surface area contributed by atoms with Gasteiger partial charge in [-0.1, -0.05) is 38.1 Å². The van der Waals surface area contributed by atoms with Crippen LogP contribution >= 0.6 is 0 Å². The molecule has 8 heteroatoms. The van der Waals surface area contributed by atoms with E-state index in [1.807, 2.05) is 52.8 Å². The highest BCUT2D eigenvalue weighted by molar-refractivity contribution is 6.05. The Labute approximate surface area is 238 Å². The lowest BCUT2D eigenvalue weighted by Gasteiger charge is -2.39. The van der Waals surface area contributed by atoms with E-state index in [4.69, 9.17) is 4.74 Å². The quantitative estimate of drug-likeness (QED) is 0.424. The molecule has 1 spiro atoms. The molecule has 1 aromatic rings. The average molecular weight is 552 g/mol. The molecule has 0 aliphatic carbocycles. The van der Waals surface area contributed by atoms with Crippen LogP contribution in [0.1, 0.15) is 51.7 Å².